The summed E-state index contributed by atoms with van der Waals surface area (Å²) in [4.78, 5) is 0. The van der Waals surface area contributed by atoms with Gasteiger partial charge in [0.15, 0.2) is 0 Å². The van der Waals surface area contributed by atoms with Crippen molar-refractivity contribution in [3.05, 3.63) is 47.3 Å². The SMILES string of the molecule is CC(C)c1nn(C)cc1CNc1ccc(C(C)(C)C)cc1. The number of nitrogens with one attached hydrogen (secondary N) is 1. The van der Waals surface area contributed by atoms with E-state index in [0.717, 1.165) is 12.2 Å². The predicted octanol–water partition coefficient (Wildman–Crippen LogP) is 4.45. The zero-order valence-electron chi connectivity index (χ0n) is 14.1. The molecule has 3 heteroatoms. The zero-order valence-corrected chi connectivity index (χ0v) is 14.1. The van der Waals surface area contributed by atoms with Crippen LogP contribution in [0.1, 0.15) is 57.4 Å². The van der Waals surface area contributed by atoms with Crippen LogP contribution < -0.4 is 5.32 Å². The van der Waals surface area contributed by atoms with Gasteiger partial charge in [0.1, 0.15) is 0 Å². The molecule has 2 aromatic rings. The zero-order chi connectivity index (χ0) is 15.6. The average Bonchev–Trinajstić information content (AvgIpc) is 2.77. The van der Waals surface area contributed by atoms with Gasteiger partial charge in [-0.25, -0.2) is 0 Å². The largest absolute Gasteiger partial charge is 0.381 e. The van der Waals surface area contributed by atoms with Gasteiger partial charge in [-0.05, 0) is 29.0 Å². The predicted molar refractivity (Wildman–Crippen MR) is 89.8 cm³/mol. The fourth-order valence-electron chi connectivity index (χ4n) is 2.46. The molecule has 0 unspecified atom stereocenters. The minimum absolute atomic E-state index is 0.201. The normalized spacial score (nSPS) is 12.0. The summed E-state index contributed by atoms with van der Waals surface area (Å²) in [5, 5.41) is 8.04. The Labute approximate surface area is 128 Å². The Hall–Kier alpha value is -1.77. The Bertz CT molecular complexity index is 586. The van der Waals surface area contributed by atoms with E-state index in [9.17, 15) is 0 Å². The standard InChI is InChI=1S/C18H27N3/c1-13(2)17-14(12-21(6)20-17)11-19-16-9-7-15(8-10-16)18(3,4)5/h7-10,12-13,19H,11H2,1-6H3. The van der Waals surface area contributed by atoms with Crippen LogP contribution >= 0.6 is 0 Å². The molecule has 0 aliphatic carbocycles. The van der Waals surface area contributed by atoms with Gasteiger partial charge in [0.25, 0.3) is 0 Å². The molecule has 0 saturated carbocycles. The second-order valence-electron chi connectivity index (χ2n) is 7.05. The quantitative estimate of drug-likeness (QED) is 0.899. The summed E-state index contributed by atoms with van der Waals surface area (Å²) in [5.74, 6) is 0.450. The van der Waals surface area contributed by atoms with Crippen LogP contribution in [0.4, 0.5) is 5.69 Å². The topological polar surface area (TPSA) is 29.9 Å². The molecule has 1 aromatic heterocycles. The number of benzene rings is 1. The number of rotatable bonds is 4. The molecule has 3 nitrogen and oxygen atoms in total. The molecule has 1 heterocycles. The number of hydrogen-bond donors (Lipinski definition) is 1. The molecule has 0 radical (unpaired) electrons. The number of anilines is 1. The van der Waals surface area contributed by atoms with Gasteiger partial charge in [0, 0.05) is 31.0 Å². The lowest BCUT2D eigenvalue weighted by molar-refractivity contribution is 0.590. The lowest BCUT2D eigenvalue weighted by atomic mass is 9.87. The molecule has 0 amide bonds. The maximum atomic E-state index is 4.55. The van der Waals surface area contributed by atoms with E-state index in [1.165, 1.54) is 16.8 Å². The van der Waals surface area contributed by atoms with Crippen LogP contribution in [-0.4, -0.2) is 9.78 Å². The van der Waals surface area contributed by atoms with Crippen molar-refractivity contribution in [2.75, 3.05) is 5.32 Å². The van der Waals surface area contributed by atoms with Crippen LogP contribution in [0.25, 0.3) is 0 Å². The molecule has 0 aliphatic rings. The van der Waals surface area contributed by atoms with Crippen LogP contribution in [-0.2, 0) is 19.0 Å². The second-order valence-corrected chi connectivity index (χ2v) is 7.05. The van der Waals surface area contributed by atoms with Gasteiger partial charge in [0.05, 0.1) is 5.69 Å². The molecular formula is C18H27N3. The minimum Gasteiger partial charge on any atom is -0.381 e. The van der Waals surface area contributed by atoms with E-state index in [4.69, 9.17) is 0 Å². The maximum absolute atomic E-state index is 4.55. The Morgan fingerprint density at radius 2 is 1.76 bits per heavy atom. The van der Waals surface area contributed by atoms with Crippen LogP contribution in [0.15, 0.2) is 30.5 Å². The smallest absolute Gasteiger partial charge is 0.0699 e. The van der Waals surface area contributed by atoms with Crippen molar-refractivity contribution in [1.82, 2.24) is 9.78 Å². The molecule has 0 bridgehead atoms. The highest BCUT2D eigenvalue weighted by Crippen LogP contribution is 2.24. The Morgan fingerprint density at radius 1 is 1.14 bits per heavy atom. The van der Waals surface area contributed by atoms with E-state index in [0.29, 0.717) is 5.92 Å². The average molecular weight is 285 g/mol. The second kappa shape index (κ2) is 5.92. The van der Waals surface area contributed by atoms with Crippen LogP contribution in [0.2, 0.25) is 0 Å². The van der Waals surface area contributed by atoms with Gasteiger partial charge >= 0.3 is 0 Å². The molecule has 1 N–H and O–H groups in total. The first-order valence-electron chi connectivity index (χ1n) is 7.64. The Morgan fingerprint density at radius 3 is 2.29 bits per heavy atom. The fraction of sp³-hybridized carbons (Fsp3) is 0.500. The highest BCUT2D eigenvalue weighted by molar-refractivity contribution is 5.46. The van der Waals surface area contributed by atoms with E-state index >= 15 is 0 Å². The summed E-state index contributed by atoms with van der Waals surface area (Å²) in [5.41, 5.74) is 5.16. The van der Waals surface area contributed by atoms with E-state index < -0.39 is 0 Å². The highest BCUT2D eigenvalue weighted by Gasteiger charge is 2.13. The van der Waals surface area contributed by atoms with E-state index in [2.05, 4.69) is 75.5 Å². The molecular weight excluding hydrogens is 258 g/mol. The number of hydrogen-bond acceptors (Lipinski definition) is 2. The molecule has 0 fully saturated rings. The van der Waals surface area contributed by atoms with Crippen molar-refractivity contribution in [1.29, 1.82) is 0 Å². The first-order valence-corrected chi connectivity index (χ1v) is 7.64. The monoisotopic (exact) mass is 285 g/mol. The summed E-state index contributed by atoms with van der Waals surface area (Å²) >= 11 is 0. The summed E-state index contributed by atoms with van der Waals surface area (Å²) in [7, 11) is 1.98. The van der Waals surface area contributed by atoms with Gasteiger partial charge in [-0.15, -0.1) is 0 Å². The van der Waals surface area contributed by atoms with Crippen molar-refractivity contribution >= 4 is 5.69 Å². The molecule has 0 atom stereocenters. The number of nitrogens with zero attached hydrogens (tertiary/aromatic N) is 2. The van der Waals surface area contributed by atoms with Crippen LogP contribution in [0.3, 0.4) is 0 Å². The van der Waals surface area contributed by atoms with E-state index in [1.807, 2.05) is 11.7 Å². The van der Waals surface area contributed by atoms with Gasteiger partial charge in [-0.2, -0.15) is 5.10 Å². The lowest BCUT2D eigenvalue weighted by Crippen LogP contribution is -2.10. The molecule has 21 heavy (non-hydrogen) atoms. The fourth-order valence-corrected chi connectivity index (χ4v) is 2.46. The molecule has 114 valence electrons. The number of aromatic nitrogens is 2. The number of aryl methyl sites for hydroxylation is 1. The van der Waals surface area contributed by atoms with Crippen LogP contribution in [0, 0.1) is 0 Å². The molecule has 1 aromatic carbocycles. The summed E-state index contributed by atoms with van der Waals surface area (Å²) in [6.07, 6.45) is 2.10. The molecule has 0 spiro atoms. The molecule has 2 rings (SSSR count). The third-order valence-electron chi connectivity index (χ3n) is 3.72. The van der Waals surface area contributed by atoms with Crippen molar-refractivity contribution in [2.24, 2.45) is 7.05 Å². The lowest BCUT2D eigenvalue weighted by Gasteiger charge is -2.19. The summed E-state index contributed by atoms with van der Waals surface area (Å²) in [6.45, 7) is 11.9. The summed E-state index contributed by atoms with van der Waals surface area (Å²) in [6, 6.07) is 8.72. The third kappa shape index (κ3) is 3.87. The summed E-state index contributed by atoms with van der Waals surface area (Å²) < 4.78 is 1.90. The minimum atomic E-state index is 0.201. The van der Waals surface area contributed by atoms with Gasteiger partial charge in [0.2, 0.25) is 0 Å². The Kier molecular flexibility index (Phi) is 4.40. The third-order valence-corrected chi connectivity index (χ3v) is 3.72. The molecule has 0 saturated heterocycles. The van der Waals surface area contributed by atoms with Gasteiger partial charge in [-0.3, -0.25) is 4.68 Å². The van der Waals surface area contributed by atoms with Gasteiger partial charge < -0.3 is 5.32 Å². The maximum Gasteiger partial charge on any atom is 0.0699 e. The van der Waals surface area contributed by atoms with E-state index in [1.54, 1.807) is 0 Å². The first-order chi connectivity index (χ1) is 9.77. The van der Waals surface area contributed by atoms with E-state index in [-0.39, 0.29) is 5.41 Å². The van der Waals surface area contributed by atoms with Crippen LogP contribution in [0.5, 0.6) is 0 Å². The Balaban J connectivity index is 2.07. The van der Waals surface area contributed by atoms with Crippen molar-refractivity contribution in [3.63, 3.8) is 0 Å². The highest BCUT2D eigenvalue weighted by atomic mass is 15.3. The van der Waals surface area contributed by atoms with Crippen molar-refractivity contribution in [3.8, 4) is 0 Å². The van der Waals surface area contributed by atoms with Crippen molar-refractivity contribution < 1.29 is 0 Å². The van der Waals surface area contributed by atoms with Crippen molar-refractivity contribution in [2.45, 2.75) is 52.5 Å². The first kappa shape index (κ1) is 15.6. The molecule has 0 aliphatic heterocycles. The van der Waals surface area contributed by atoms with Gasteiger partial charge in [-0.1, -0.05) is 46.8 Å².